The van der Waals surface area contributed by atoms with Crippen LogP contribution in [-0.4, -0.2) is 39.0 Å². The molecule has 0 saturated carbocycles. The molecule has 0 radical (unpaired) electrons. The fourth-order valence-corrected chi connectivity index (χ4v) is 10.3. The molecule has 0 bridgehead atoms. The summed E-state index contributed by atoms with van der Waals surface area (Å²) < 4.78 is 4.61. The van der Waals surface area contributed by atoms with Crippen molar-refractivity contribution in [2.24, 2.45) is 0 Å². The molecule has 8 heteroatoms. The van der Waals surface area contributed by atoms with E-state index in [9.17, 15) is 0 Å². The normalized spacial score (nSPS) is 11.5. The van der Waals surface area contributed by atoms with Gasteiger partial charge in [0.1, 0.15) is 0 Å². The molecule has 10 aromatic carbocycles. The molecule has 0 N–H and O–H groups in total. The number of benzene rings is 10. The summed E-state index contributed by atoms with van der Waals surface area (Å²) >= 11 is 0. The van der Waals surface area contributed by atoms with E-state index in [1.165, 1.54) is 0 Å². The predicted molar refractivity (Wildman–Crippen MR) is 300 cm³/mol. The van der Waals surface area contributed by atoms with Crippen LogP contribution in [0.4, 0.5) is 0 Å². The van der Waals surface area contributed by atoms with E-state index < -0.39 is 0 Å². The fourth-order valence-electron chi connectivity index (χ4n) is 10.3. The molecule has 4 heterocycles. The van der Waals surface area contributed by atoms with Gasteiger partial charge < -0.3 is 4.57 Å². The Hall–Kier alpha value is -10.2. The molecule has 0 fully saturated rings. The number of rotatable bonds is 9. The number of aromatic nitrogens is 8. The van der Waals surface area contributed by atoms with E-state index in [1.807, 2.05) is 60.7 Å². The quantitative estimate of drug-likeness (QED) is 0.143. The molecule has 0 atom stereocenters. The van der Waals surface area contributed by atoms with Crippen LogP contribution in [0.3, 0.4) is 0 Å². The highest BCUT2D eigenvalue weighted by molar-refractivity contribution is 6.23. The van der Waals surface area contributed by atoms with E-state index >= 15 is 0 Å². The van der Waals surface area contributed by atoms with Gasteiger partial charge in [-0.3, -0.25) is 4.57 Å². The minimum Gasteiger partial charge on any atom is -0.307 e. The Morgan fingerprint density at radius 2 is 0.554 bits per heavy atom. The van der Waals surface area contributed by atoms with E-state index in [1.54, 1.807) is 0 Å². The summed E-state index contributed by atoms with van der Waals surface area (Å²) in [6.45, 7) is 0. The third-order valence-electron chi connectivity index (χ3n) is 13.8. The van der Waals surface area contributed by atoms with Gasteiger partial charge in [-0.1, -0.05) is 206 Å². The summed E-state index contributed by atoms with van der Waals surface area (Å²) in [6, 6.07) is 88.2. The molecular weight excluding hydrogens is 905 g/mol. The first-order valence-corrected chi connectivity index (χ1v) is 24.7. The van der Waals surface area contributed by atoms with E-state index in [4.69, 9.17) is 29.9 Å². The largest absolute Gasteiger partial charge is 0.307 e. The third kappa shape index (κ3) is 7.48. The lowest BCUT2D eigenvalue weighted by Gasteiger charge is -2.14. The van der Waals surface area contributed by atoms with Gasteiger partial charge in [0, 0.05) is 55.0 Å². The van der Waals surface area contributed by atoms with Gasteiger partial charge in [-0.15, -0.1) is 0 Å². The highest BCUT2D eigenvalue weighted by Gasteiger charge is 2.24. The van der Waals surface area contributed by atoms with Gasteiger partial charge in [0.05, 0.1) is 22.1 Å². The van der Waals surface area contributed by atoms with Crippen molar-refractivity contribution in [1.29, 1.82) is 0 Å². The van der Waals surface area contributed by atoms with Gasteiger partial charge in [0.25, 0.3) is 0 Å². The van der Waals surface area contributed by atoms with Gasteiger partial charge in [0.15, 0.2) is 29.1 Å². The Morgan fingerprint density at radius 3 is 1.04 bits per heavy atom. The molecule has 0 saturated heterocycles. The summed E-state index contributed by atoms with van der Waals surface area (Å²) in [7, 11) is 0. The molecule has 0 spiro atoms. The average Bonchev–Trinajstić information content (AvgIpc) is 4.02. The van der Waals surface area contributed by atoms with E-state index in [2.05, 4.69) is 203 Å². The van der Waals surface area contributed by atoms with Crippen molar-refractivity contribution in [3.63, 3.8) is 0 Å². The van der Waals surface area contributed by atoms with Crippen molar-refractivity contribution < 1.29 is 0 Å². The highest BCUT2D eigenvalue weighted by Crippen LogP contribution is 2.42. The Bertz CT molecular complexity index is 4400. The highest BCUT2D eigenvalue weighted by atomic mass is 15.2. The SMILES string of the molecule is c1ccc(-c2cccc(-c3nc(-c4ccccc4)nc(-c4ccc(-n5c6ccccc6c6ccc7c8ccccc8n(-c8nc(-c9ccccc9)nc(-c9cccc(-c%10ccccc%10)c9)n8)c7c65)cc4)n3)c2)cc1. The van der Waals surface area contributed by atoms with Crippen molar-refractivity contribution in [3.8, 4) is 90.8 Å². The van der Waals surface area contributed by atoms with Gasteiger partial charge in [-0.2, -0.15) is 9.97 Å². The molecule has 0 aliphatic rings. The lowest BCUT2D eigenvalue weighted by molar-refractivity contribution is 0.953. The Balaban J connectivity index is 0.967. The molecule has 4 aromatic heterocycles. The lowest BCUT2D eigenvalue weighted by atomic mass is 10.0. The third-order valence-corrected chi connectivity index (χ3v) is 13.8. The molecule has 0 amide bonds. The Labute approximate surface area is 426 Å². The first-order chi connectivity index (χ1) is 36.7. The van der Waals surface area contributed by atoms with Crippen LogP contribution in [0.15, 0.2) is 255 Å². The van der Waals surface area contributed by atoms with Crippen LogP contribution in [-0.2, 0) is 0 Å². The van der Waals surface area contributed by atoms with Crippen LogP contribution >= 0.6 is 0 Å². The summed E-state index contributed by atoms with van der Waals surface area (Å²) in [4.78, 5) is 31.3. The fraction of sp³-hybridized carbons (Fsp3) is 0. The van der Waals surface area contributed by atoms with Crippen LogP contribution in [0, 0.1) is 0 Å². The molecule has 14 rings (SSSR count). The van der Waals surface area contributed by atoms with Gasteiger partial charge in [-0.05, 0) is 70.8 Å². The smallest absolute Gasteiger partial charge is 0.238 e. The average molecular weight is 947 g/mol. The summed E-state index contributed by atoms with van der Waals surface area (Å²) in [6.07, 6.45) is 0. The molecule has 346 valence electrons. The van der Waals surface area contributed by atoms with Crippen molar-refractivity contribution in [2.45, 2.75) is 0 Å². The van der Waals surface area contributed by atoms with Crippen LogP contribution in [0.25, 0.3) is 134 Å². The zero-order chi connectivity index (χ0) is 49.0. The lowest BCUT2D eigenvalue weighted by Crippen LogP contribution is -2.07. The maximum absolute atomic E-state index is 5.41. The predicted octanol–water partition coefficient (Wildman–Crippen LogP) is 15.9. The van der Waals surface area contributed by atoms with Crippen molar-refractivity contribution in [3.05, 3.63) is 255 Å². The molecule has 0 unspecified atom stereocenters. The van der Waals surface area contributed by atoms with Crippen molar-refractivity contribution in [1.82, 2.24) is 39.0 Å². The first kappa shape index (κ1) is 42.7. The standard InChI is InChI=1S/C66H42N8/c1-5-19-43(20-6-1)48-27-17-29-50(41-48)64-68-61(45-23-9-3-10-24-45)67-62(69-64)47-35-37-52(38-36-47)73-57-33-15-13-31-53(57)55-39-40-56-54-32-14-16-34-58(54)74(60(56)59(55)73)66-71-63(46-25-11-4-12-26-46)70-65(72-66)51-30-18-28-49(42-51)44-21-7-2-8-22-44/h1-42H. The molecule has 74 heavy (non-hydrogen) atoms. The summed E-state index contributed by atoms with van der Waals surface area (Å²) in [5.41, 5.74) is 14.0. The van der Waals surface area contributed by atoms with Gasteiger partial charge in [-0.25, -0.2) is 19.9 Å². The second kappa shape index (κ2) is 17.9. The van der Waals surface area contributed by atoms with Gasteiger partial charge >= 0.3 is 0 Å². The van der Waals surface area contributed by atoms with Crippen molar-refractivity contribution in [2.75, 3.05) is 0 Å². The topological polar surface area (TPSA) is 87.2 Å². The van der Waals surface area contributed by atoms with Crippen LogP contribution in [0.5, 0.6) is 0 Å². The Morgan fingerprint density at radius 1 is 0.216 bits per heavy atom. The Kier molecular flexibility index (Phi) is 10.3. The van der Waals surface area contributed by atoms with E-state index in [-0.39, 0.29) is 0 Å². The minimum absolute atomic E-state index is 0.527. The number of hydrogen-bond acceptors (Lipinski definition) is 6. The monoisotopic (exact) mass is 946 g/mol. The summed E-state index contributed by atoms with van der Waals surface area (Å²) in [5, 5.41) is 4.43. The molecular formula is C66H42N8. The van der Waals surface area contributed by atoms with Crippen molar-refractivity contribution >= 4 is 43.6 Å². The second-order valence-electron chi connectivity index (χ2n) is 18.3. The van der Waals surface area contributed by atoms with Crippen LogP contribution < -0.4 is 0 Å². The maximum Gasteiger partial charge on any atom is 0.238 e. The molecule has 14 aromatic rings. The van der Waals surface area contributed by atoms with Gasteiger partial charge in [0.2, 0.25) is 5.95 Å². The number of fused-ring (bicyclic) bond motifs is 7. The number of nitrogens with zero attached hydrogens (tertiary/aromatic N) is 8. The van der Waals surface area contributed by atoms with Crippen LogP contribution in [0.2, 0.25) is 0 Å². The van der Waals surface area contributed by atoms with E-state index in [0.717, 1.165) is 99.4 Å². The first-order valence-electron chi connectivity index (χ1n) is 24.7. The van der Waals surface area contributed by atoms with Crippen LogP contribution in [0.1, 0.15) is 0 Å². The maximum atomic E-state index is 5.41. The molecule has 8 nitrogen and oxygen atoms in total. The zero-order valence-corrected chi connectivity index (χ0v) is 39.8. The van der Waals surface area contributed by atoms with E-state index in [0.29, 0.717) is 35.1 Å². The summed E-state index contributed by atoms with van der Waals surface area (Å²) in [5.74, 6) is 3.50. The minimum atomic E-state index is 0.527. The number of para-hydroxylation sites is 2. The molecule has 0 aliphatic carbocycles. The second-order valence-corrected chi connectivity index (χ2v) is 18.3. The zero-order valence-electron chi connectivity index (χ0n) is 39.8. The number of hydrogen-bond donors (Lipinski definition) is 0. The molecule has 0 aliphatic heterocycles.